The topological polar surface area (TPSA) is 12.0 Å². The van der Waals surface area contributed by atoms with Gasteiger partial charge >= 0.3 is 0 Å². The minimum Gasteiger partial charge on any atom is -0.309 e. The lowest BCUT2D eigenvalue weighted by Gasteiger charge is -2.20. The standard InChI is InChI=1S/C16H17BrClN/c1-10-4-5-12(8-11(10)2)16(19-3)14-7-6-13(18)9-15(14)17/h4-9,16,19H,1-3H3. The fraction of sp³-hybridized carbons (Fsp3) is 0.250. The average Bonchev–Trinajstić information content (AvgIpc) is 2.37. The normalized spacial score (nSPS) is 12.5. The predicted molar refractivity (Wildman–Crippen MR) is 86.0 cm³/mol. The Labute approximate surface area is 128 Å². The fourth-order valence-corrected chi connectivity index (χ4v) is 3.09. The molecule has 0 radical (unpaired) electrons. The van der Waals surface area contributed by atoms with Crippen molar-refractivity contribution in [2.45, 2.75) is 19.9 Å². The van der Waals surface area contributed by atoms with Crippen LogP contribution in [0.1, 0.15) is 28.3 Å². The first-order valence-corrected chi connectivity index (χ1v) is 7.39. The van der Waals surface area contributed by atoms with Gasteiger partial charge in [0.2, 0.25) is 0 Å². The molecule has 3 heteroatoms. The Kier molecular flexibility index (Phi) is 4.67. The minimum absolute atomic E-state index is 0.158. The second-order valence-electron chi connectivity index (χ2n) is 4.73. The first kappa shape index (κ1) is 14.6. The third-order valence-electron chi connectivity index (χ3n) is 3.43. The summed E-state index contributed by atoms with van der Waals surface area (Å²) >= 11 is 9.60. The number of nitrogens with one attached hydrogen (secondary N) is 1. The number of aryl methyl sites for hydroxylation is 2. The van der Waals surface area contributed by atoms with Crippen LogP contribution < -0.4 is 5.32 Å². The highest BCUT2D eigenvalue weighted by Gasteiger charge is 2.15. The maximum atomic E-state index is 6.01. The maximum absolute atomic E-state index is 6.01. The summed E-state index contributed by atoms with van der Waals surface area (Å²) in [7, 11) is 1.97. The second kappa shape index (κ2) is 6.08. The Morgan fingerprint density at radius 3 is 2.37 bits per heavy atom. The molecule has 1 unspecified atom stereocenters. The van der Waals surface area contributed by atoms with Gasteiger partial charge in [0.05, 0.1) is 6.04 Å². The maximum Gasteiger partial charge on any atom is 0.0585 e. The van der Waals surface area contributed by atoms with Gasteiger partial charge in [0.1, 0.15) is 0 Å². The molecule has 0 aromatic heterocycles. The van der Waals surface area contributed by atoms with Gasteiger partial charge in [-0.2, -0.15) is 0 Å². The number of halogens is 2. The van der Waals surface area contributed by atoms with Gasteiger partial charge in [0.25, 0.3) is 0 Å². The molecule has 0 spiro atoms. The zero-order chi connectivity index (χ0) is 14.0. The molecule has 0 heterocycles. The molecule has 100 valence electrons. The van der Waals surface area contributed by atoms with Crippen LogP contribution in [0.15, 0.2) is 40.9 Å². The van der Waals surface area contributed by atoms with Crippen molar-refractivity contribution in [2.24, 2.45) is 0 Å². The minimum atomic E-state index is 0.158. The highest BCUT2D eigenvalue weighted by Crippen LogP contribution is 2.31. The third kappa shape index (κ3) is 3.19. The van der Waals surface area contributed by atoms with Crippen LogP contribution in [0.5, 0.6) is 0 Å². The summed E-state index contributed by atoms with van der Waals surface area (Å²) < 4.78 is 1.03. The van der Waals surface area contributed by atoms with Crippen LogP contribution in [0.25, 0.3) is 0 Å². The highest BCUT2D eigenvalue weighted by atomic mass is 79.9. The van der Waals surface area contributed by atoms with Gasteiger partial charge in [-0.3, -0.25) is 0 Å². The van der Waals surface area contributed by atoms with Crippen LogP contribution in [-0.4, -0.2) is 7.05 Å². The third-order valence-corrected chi connectivity index (χ3v) is 4.35. The second-order valence-corrected chi connectivity index (χ2v) is 6.02. The molecule has 0 saturated carbocycles. The van der Waals surface area contributed by atoms with Crippen molar-refractivity contribution in [1.82, 2.24) is 5.32 Å². The van der Waals surface area contributed by atoms with E-state index in [1.165, 1.54) is 22.3 Å². The smallest absolute Gasteiger partial charge is 0.0585 e. The molecule has 1 nitrogen and oxygen atoms in total. The molecule has 19 heavy (non-hydrogen) atoms. The lowest BCUT2D eigenvalue weighted by atomic mass is 9.96. The molecule has 0 aliphatic heterocycles. The quantitative estimate of drug-likeness (QED) is 0.828. The summed E-state index contributed by atoms with van der Waals surface area (Å²) in [6.45, 7) is 4.27. The number of hydrogen-bond acceptors (Lipinski definition) is 1. The molecule has 2 aromatic rings. The van der Waals surface area contributed by atoms with E-state index in [1.54, 1.807) is 0 Å². The Morgan fingerprint density at radius 2 is 1.79 bits per heavy atom. The van der Waals surface area contributed by atoms with Gasteiger partial charge < -0.3 is 5.32 Å². The largest absolute Gasteiger partial charge is 0.309 e. The van der Waals surface area contributed by atoms with Gasteiger partial charge in [-0.25, -0.2) is 0 Å². The first-order valence-electron chi connectivity index (χ1n) is 6.22. The van der Waals surface area contributed by atoms with Crippen molar-refractivity contribution < 1.29 is 0 Å². The molecule has 0 aliphatic carbocycles. The highest BCUT2D eigenvalue weighted by molar-refractivity contribution is 9.10. The molecule has 0 bridgehead atoms. The van der Waals surface area contributed by atoms with Crippen molar-refractivity contribution in [2.75, 3.05) is 7.05 Å². The van der Waals surface area contributed by atoms with E-state index in [1.807, 2.05) is 19.2 Å². The lowest BCUT2D eigenvalue weighted by molar-refractivity contribution is 0.688. The zero-order valence-corrected chi connectivity index (χ0v) is 13.6. The van der Waals surface area contributed by atoms with Crippen LogP contribution in [-0.2, 0) is 0 Å². The first-order chi connectivity index (χ1) is 9.02. The number of rotatable bonds is 3. The average molecular weight is 339 g/mol. The van der Waals surface area contributed by atoms with Crippen LogP contribution in [0.4, 0.5) is 0 Å². The molecule has 1 N–H and O–H groups in total. The van der Waals surface area contributed by atoms with Crippen molar-refractivity contribution in [3.05, 3.63) is 68.1 Å². The van der Waals surface area contributed by atoms with E-state index in [2.05, 4.69) is 59.4 Å². The van der Waals surface area contributed by atoms with E-state index in [-0.39, 0.29) is 6.04 Å². The Morgan fingerprint density at radius 1 is 1.05 bits per heavy atom. The summed E-state index contributed by atoms with van der Waals surface area (Å²) in [5, 5.41) is 4.11. The molecule has 0 saturated heterocycles. The molecule has 2 rings (SSSR count). The van der Waals surface area contributed by atoms with E-state index < -0.39 is 0 Å². The van der Waals surface area contributed by atoms with Crippen LogP contribution >= 0.6 is 27.5 Å². The molecule has 0 amide bonds. The van der Waals surface area contributed by atoms with E-state index in [4.69, 9.17) is 11.6 Å². The van der Waals surface area contributed by atoms with Gasteiger partial charge in [-0.15, -0.1) is 0 Å². The van der Waals surface area contributed by atoms with E-state index >= 15 is 0 Å². The summed E-state index contributed by atoms with van der Waals surface area (Å²) in [5.41, 5.74) is 5.07. The van der Waals surface area contributed by atoms with Gasteiger partial charge in [-0.05, 0) is 55.3 Å². The summed E-state index contributed by atoms with van der Waals surface area (Å²) in [5.74, 6) is 0. The molecular formula is C16H17BrClN. The summed E-state index contributed by atoms with van der Waals surface area (Å²) in [4.78, 5) is 0. The molecule has 1 atom stereocenters. The predicted octanol–water partition coefficient (Wildman–Crippen LogP) is 5.03. The van der Waals surface area contributed by atoms with E-state index in [9.17, 15) is 0 Å². The van der Waals surface area contributed by atoms with Crippen LogP contribution in [0.2, 0.25) is 5.02 Å². The SMILES string of the molecule is CNC(c1ccc(C)c(C)c1)c1ccc(Cl)cc1Br. The monoisotopic (exact) mass is 337 g/mol. The van der Waals surface area contributed by atoms with Crippen molar-refractivity contribution in [3.63, 3.8) is 0 Å². The van der Waals surface area contributed by atoms with Gasteiger partial charge in [0, 0.05) is 9.50 Å². The number of benzene rings is 2. The van der Waals surface area contributed by atoms with Crippen LogP contribution in [0, 0.1) is 13.8 Å². The Bertz CT molecular complexity index is 595. The lowest BCUT2D eigenvalue weighted by Crippen LogP contribution is -2.18. The fourth-order valence-electron chi connectivity index (χ4n) is 2.18. The summed E-state index contributed by atoms with van der Waals surface area (Å²) in [6, 6.07) is 12.6. The van der Waals surface area contributed by atoms with Crippen molar-refractivity contribution in [3.8, 4) is 0 Å². The van der Waals surface area contributed by atoms with Gasteiger partial charge in [0.15, 0.2) is 0 Å². The van der Waals surface area contributed by atoms with Crippen molar-refractivity contribution in [1.29, 1.82) is 0 Å². The molecule has 0 aliphatic rings. The summed E-state index contributed by atoms with van der Waals surface area (Å²) in [6.07, 6.45) is 0. The molecule has 2 aromatic carbocycles. The Hall–Kier alpha value is -0.830. The number of hydrogen-bond donors (Lipinski definition) is 1. The van der Waals surface area contributed by atoms with Gasteiger partial charge in [-0.1, -0.05) is 51.8 Å². The molecular weight excluding hydrogens is 322 g/mol. The van der Waals surface area contributed by atoms with E-state index in [0.717, 1.165) is 9.50 Å². The van der Waals surface area contributed by atoms with Crippen molar-refractivity contribution >= 4 is 27.5 Å². The Balaban J connectivity index is 2.46. The van der Waals surface area contributed by atoms with E-state index in [0.29, 0.717) is 0 Å². The zero-order valence-electron chi connectivity index (χ0n) is 11.3. The van der Waals surface area contributed by atoms with Crippen LogP contribution in [0.3, 0.4) is 0 Å². The molecule has 0 fully saturated rings.